The Morgan fingerprint density at radius 2 is 2.10 bits per heavy atom. The van der Waals surface area contributed by atoms with Crippen LogP contribution >= 0.6 is 35.6 Å². The van der Waals surface area contributed by atoms with Crippen LogP contribution in [0.5, 0.6) is 0 Å². The summed E-state index contributed by atoms with van der Waals surface area (Å²) in [5.41, 5.74) is 5.77. The number of carbonyl (C=O) groups is 1. The fraction of sp³-hybridized carbons (Fsp3) is 0.462. The molecule has 1 aliphatic heterocycles. The molecule has 2 rings (SSSR count). The summed E-state index contributed by atoms with van der Waals surface area (Å²) in [6.45, 7) is 3.71. The van der Waals surface area contributed by atoms with Gasteiger partial charge in [-0.3, -0.25) is 4.79 Å². The molecule has 1 amide bonds. The molecule has 1 aromatic rings. The second kappa shape index (κ2) is 6.48. The van der Waals surface area contributed by atoms with Crippen molar-refractivity contribution in [1.29, 1.82) is 0 Å². The van der Waals surface area contributed by atoms with E-state index in [2.05, 4.69) is 0 Å². The summed E-state index contributed by atoms with van der Waals surface area (Å²) in [6.07, 6.45) is 0.836. The van der Waals surface area contributed by atoms with Crippen LogP contribution in [0, 0.1) is 11.2 Å². The second-order valence-electron chi connectivity index (χ2n) is 5.24. The highest BCUT2D eigenvalue weighted by molar-refractivity contribution is 6.36. The van der Waals surface area contributed by atoms with Crippen molar-refractivity contribution in [3.63, 3.8) is 0 Å². The van der Waals surface area contributed by atoms with Crippen LogP contribution in [-0.2, 0) is 0 Å². The van der Waals surface area contributed by atoms with Gasteiger partial charge in [0.2, 0.25) is 0 Å². The van der Waals surface area contributed by atoms with E-state index in [9.17, 15) is 9.18 Å². The number of rotatable bonds is 2. The van der Waals surface area contributed by atoms with Crippen molar-refractivity contribution in [2.75, 3.05) is 19.6 Å². The molecule has 1 atom stereocenters. The molecule has 0 saturated carbocycles. The maximum Gasteiger partial charge on any atom is 0.255 e. The molecule has 1 saturated heterocycles. The van der Waals surface area contributed by atoms with Gasteiger partial charge >= 0.3 is 0 Å². The summed E-state index contributed by atoms with van der Waals surface area (Å²) in [7, 11) is 0. The maximum absolute atomic E-state index is 13.4. The fourth-order valence-electron chi connectivity index (χ4n) is 2.22. The van der Waals surface area contributed by atoms with E-state index in [0.717, 1.165) is 12.5 Å². The molecule has 0 bridgehead atoms. The Hall–Kier alpha value is -0.550. The third-order valence-corrected chi connectivity index (χ3v) is 4.18. The van der Waals surface area contributed by atoms with Gasteiger partial charge in [-0.1, -0.05) is 30.1 Å². The molecular weight excluding hydrogens is 326 g/mol. The predicted molar refractivity (Wildman–Crippen MR) is 81.3 cm³/mol. The lowest BCUT2D eigenvalue weighted by molar-refractivity contribution is 0.0776. The molecule has 0 aliphatic carbocycles. The summed E-state index contributed by atoms with van der Waals surface area (Å²) >= 11 is 11.6. The zero-order chi connectivity index (χ0) is 14.2. The minimum atomic E-state index is -0.643. The van der Waals surface area contributed by atoms with Gasteiger partial charge < -0.3 is 10.6 Å². The van der Waals surface area contributed by atoms with Gasteiger partial charge in [0.25, 0.3) is 5.91 Å². The number of likely N-dealkylation sites (tertiary alicyclic amines) is 1. The van der Waals surface area contributed by atoms with E-state index in [4.69, 9.17) is 28.9 Å². The van der Waals surface area contributed by atoms with Gasteiger partial charge in [-0.2, -0.15) is 0 Å². The molecule has 0 radical (unpaired) electrons. The quantitative estimate of drug-likeness (QED) is 0.838. The Morgan fingerprint density at radius 3 is 2.65 bits per heavy atom. The molecule has 1 fully saturated rings. The lowest BCUT2D eigenvalue weighted by atomic mass is 9.90. The highest BCUT2D eigenvalue weighted by Gasteiger charge is 2.35. The second-order valence-corrected chi connectivity index (χ2v) is 6.05. The van der Waals surface area contributed by atoms with Gasteiger partial charge in [0, 0.05) is 13.1 Å². The van der Waals surface area contributed by atoms with Crippen LogP contribution in [-0.4, -0.2) is 30.4 Å². The first-order valence-electron chi connectivity index (χ1n) is 6.00. The highest BCUT2D eigenvalue weighted by atomic mass is 35.5. The van der Waals surface area contributed by atoms with Gasteiger partial charge in [0.15, 0.2) is 0 Å². The van der Waals surface area contributed by atoms with Crippen LogP contribution in [0.15, 0.2) is 12.1 Å². The normalized spacial score (nSPS) is 21.8. The number of nitrogens with zero attached hydrogens (tertiary/aromatic N) is 1. The van der Waals surface area contributed by atoms with Crippen LogP contribution in [0.3, 0.4) is 0 Å². The summed E-state index contributed by atoms with van der Waals surface area (Å²) in [6, 6.07) is 2.34. The van der Waals surface area contributed by atoms with Crippen molar-refractivity contribution in [1.82, 2.24) is 4.90 Å². The number of nitrogens with two attached hydrogens (primary N) is 1. The summed E-state index contributed by atoms with van der Waals surface area (Å²) in [4.78, 5) is 14.0. The topological polar surface area (TPSA) is 46.3 Å². The SMILES string of the molecule is CC1(CN)CCN(C(=O)c2cc(F)c(Cl)cc2Cl)C1.Cl. The molecular formula is C13H16Cl3FN2O. The van der Waals surface area contributed by atoms with E-state index < -0.39 is 5.82 Å². The minimum absolute atomic E-state index is 0. The molecule has 3 nitrogen and oxygen atoms in total. The number of hydrogen-bond donors (Lipinski definition) is 1. The van der Waals surface area contributed by atoms with Crippen molar-refractivity contribution < 1.29 is 9.18 Å². The number of carbonyl (C=O) groups excluding carboxylic acids is 1. The Morgan fingerprint density at radius 1 is 1.45 bits per heavy atom. The number of hydrogen-bond acceptors (Lipinski definition) is 2. The molecule has 0 spiro atoms. The molecule has 7 heteroatoms. The van der Waals surface area contributed by atoms with Crippen molar-refractivity contribution in [3.8, 4) is 0 Å². The number of halogens is 4. The van der Waals surface area contributed by atoms with Gasteiger partial charge in [0.05, 0.1) is 15.6 Å². The first kappa shape index (κ1) is 17.5. The van der Waals surface area contributed by atoms with E-state index in [1.807, 2.05) is 6.92 Å². The fourth-order valence-corrected chi connectivity index (χ4v) is 2.68. The smallest absolute Gasteiger partial charge is 0.255 e. The predicted octanol–water partition coefficient (Wildman–Crippen LogP) is 3.37. The van der Waals surface area contributed by atoms with Crippen molar-refractivity contribution in [3.05, 3.63) is 33.6 Å². The lowest BCUT2D eigenvalue weighted by Gasteiger charge is -2.22. The highest BCUT2D eigenvalue weighted by Crippen LogP contribution is 2.31. The van der Waals surface area contributed by atoms with Crippen molar-refractivity contribution >= 4 is 41.5 Å². The monoisotopic (exact) mass is 340 g/mol. The third-order valence-electron chi connectivity index (χ3n) is 3.58. The van der Waals surface area contributed by atoms with Crippen LogP contribution in [0.4, 0.5) is 4.39 Å². The Labute approximate surface area is 133 Å². The van der Waals surface area contributed by atoms with Crippen LogP contribution in [0.1, 0.15) is 23.7 Å². The third kappa shape index (κ3) is 3.37. The van der Waals surface area contributed by atoms with Crippen molar-refractivity contribution in [2.24, 2.45) is 11.1 Å². The van der Waals surface area contributed by atoms with E-state index in [1.54, 1.807) is 4.90 Å². The van der Waals surface area contributed by atoms with Gasteiger partial charge in [-0.25, -0.2) is 4.39 Å². The molecule has 0 aromatic heterocycles. The van der Waals surface area contributed by atoms with Crippen LogP contribution < -0.4 is 5.73 Å². The van der Waals surface area contributed by atoms with Crippen LogP contribution in [0.25, 0.3) is 0 Å². The van der Waals surface area contributed by atoms with E-state index in [1.165, 1.54) is 6.07 Å². The maximum atomic E-state index is 13.4. The Bertz CT molecular complexity index is 527. The molecule has 112 valence electrons. The molecule has 1 aromatic carbocycles. The summed E-state index contributed by atoms with van der Waals surface area (Å²) < 4.78 is 13.4. The van der Waals surface area contributed by atoms with E-state index in [0.29, 0.717) is 19.6 Å². The standard InChI is InChI=1S/C13H15Cl2FN2O.ClH/c1-13(6-17)2-3-18(7-13)12(19)8-4-11(16)10(15)5-9(8)14;/h4-5H,2-3,6-7,17H2,1H3;1H. The first-order valence-corrected chi connectivity index (χ1v) is 6.76. The molecule has 1 heterocycles. The van der Waals surface area contributed by atoms with Gasteiger partial charge in [0.1, 0.15) is 5.82 Å². The number of amides is 1. The molecule has 1 unspecified atom stereocenters. The van der Waals surface area contributed by atoms with Gasteiger partial charge in [-0.15, -0.1) is 12.4 Å². The molecule has 1 aliphatic rings. The average Bonchev–Trinajstić information content (AvgIpc) is 2.77. The van der Waals surface area contributed by atoms with Crippen molar-refractivity contribution in [2.45, 2.75) is 13.3 Å². The van der Waals surface area contributed by atoms with E-state index in [-0.39, 0.29) is 39.3 Å². The molecule has 20 heavy (non-hydrogen) atoms. The molecule has 2 N–H and O–H groups in total. The van der Waals surface area contributed by atoms with Gasteiger partial charge in [-0.05, 0) is 30.5 Å². The zero-order valence-electron chi connectivity index (χ0n) is 11.0. The van der Waals surface area contributed by atoms with Crippen LogP contribution in [0.2, 0.25) is 10.0 Å². The summed E-state index contributed by atoms with van der Waals surface area (Å²) in [5.74, 6) is -0.923. The van der Waals surface area contributed by atoms with E-state index >= 15 is 0 Å². The Kier molecular flexibility index (Phi) is 5.67. The average molecular weight is 342 g/mol. The zero-order valence-corrected chi connectivity index (χ0v) is 13.3. The Balaban J connectivity index is 0.00000200. The summed E-state index contributed by atoms with van der Waals surface area (Å²) in [5, 5.41) is 0.0764. The first-order chi connectivity index (χ1) is 8.86. The number of benzene rings is 1. The minimum Gasteiger partial charge on any atom is -0.338 e. The largest absolute Gasteiger partial charge is 0.338 e. The lowest BCUT2D eigenvalue weighted by Crippen LogP contribution is -2.34.